The van der Waals surface area contributed by atoms with Crippen LogP contribution >= 0.6 is 27.7 Å². The van der Waals surface area contributed by atoms with E-state index in [2.05, 4.69) is 58.1 Å². The van der Waals surface area contributed by atoms with Crippen LogP contribution in [0.25, 0.3) is 0 Å². The Kier molecular flexibility index (Phi) is 3.39. The molecule has 2 atom stereocenters. The van der Waals surface area contributed by atoms with Crippen LogP contribution in [0.15, 0.2) is 28.7 Å². The van der Waals surface area contributed by atoms with Gasteiger partial charge in [0.2, 0.25) is 0 Å². The Hall–Kier alpha value is -0.150. The highest BCUT2D eigenvalue weighted by Crippen LogP contribution is 2.31. The lowest BCUT2D eigenvalue weighted by molar-refractivity contribution is 0.724. The van der Waals surface area contributed by atoms with Crippen molar-refractivity contribution in [3.8, 4) is 0 Å². The van der Waals surface area contributed by atoms with Crippen LogP contribution in [0.5, 0.6) is 0 Å². The number of anilines is 1. The van der Waals surface area contributed by atoms with Gasteiger partial charge in [0.25, 0.3) is 0 Å². The predicted molar refractivity (Wildman–Crippen MR) is 68.1 cm³/mol. The molecule has 0 amide bonds. The summed E-state index contributed by atoms with van der Waals surface area (Å²) in [5.74, 6) is 1.28. The maximum Gasteiger partial charge on any atom is 0.0487 e. The van der Waals surface area contributed by atoms with Crippen molar-refractivity contribution in [1.29, 1.82) is 0 Å². The highest BCUT2D eigenvalue weighted by molar-refractivity contribution is 9.10. The Labute approximate surface area is 97.8 Å². The fourth-order valence-corrected chi connectivity index (χ4v) is 3.30. The molecule has 1 aromatic carbocycles. The fraction of sp³-hybridized carbons (Fsp3) is 0.455. The van der Waals surface area contributed by atoms with Gasteiger partial charge >= 0.3 is 0 Å². The molecule has 1 fully saturated rings. The summed E-state index contributed by atoms with van der Waals surface area (Å²) in [4.78, 5) is 0. The Morgan fingerprint density at radius 1 is 1.43 bits per heavy atom. The predicted octanol–water partition coefficient (Wildman–Crippen LogP) is 3.76. The molecule has 0 spiro atoms. The third kappa shape index (κ3) is 2.26. The number of hydrogen-bond acceptors (Lipinski definition) is 2. The van der Waals surface area contributed by atoms with Crippen LogP contribution in [0.3, 0.4) is 0 Å². The highest BCUT2D eigenvalue weighted by Gasteiger charge is 2.23. The second-order valence-electron chi connectivity index (χ2n) is 3.60. The monoisotopic (exact) mass is 271 g/mol. The van der Waals surface area contributed by atoms with Crippen LogP contribution < -0.4 is 5.32 Å². The molecule has 0 saturated carbocycles. The Balaban J connectivity index is 2.07. The molecule has 3 heteroatoms. The van der Waals surface area contributed by atoms with E-state index < -0.39 is 0 Å². The van der Waals surface area contributed by atoms with Crippen molar-refractivity contribution in [2.75, 3.05) is 11.1 Å². The maximum absolute atomic E-state index is 3.59. The molecule has 1 heterocycles. The molecule has 0 aliphatic carbocycles. The number of hydrogen-bond donors (Lipinski definition) is 1. The van der Waals surface area contributed by atoms with Crippen molar-refractivity contribution in [2.45, 2.75) is 24.6 Å². The molecule has 76 valence electrons. The first-order valence-corrected chi connectivity index (χ1v) is 6.74. The lowest BCUT2D eigenvalue weighted by Crippen LogP contribution is -2.24. The Morgan fingerprint density at radius 3 is 2.86 bits per heavy atom. The van der Waals surface area contributed by atoms with Crippen molar-refractivity contribution >= 4 is 33.4 Å². The highest BCUT2D eigenvalue weighted by atomic mass is 79.9. The SMILES string of the molecule is CC1SCCC1Nc1ccccc1Br. The average Bonchev–Trinajstić information content (AvgIpc) is 2.56. The summed E-state index contributed by atoms with van der Waals surface area (Å²) in [6, 6.07) is 8.94. The van der Waals surface area contributed by atoms with Gasteiger partial charge in [-0.2, -0.15) is 11.8 Å². The first kappa shape index (κ1) is 10.4. The maximum atomic E-state index is 3.59. The van der Waals surface area contributed by atoms with Gasteiger partial charge in [0.1, 0.15) is 0 Å². The molecule has 1 aromatic rings. The van der Waals surface area contributed by atoms with Gasteiger partial charge in [-0.05, 0) is 40.2 Å². The van der Waals surface area contributed by atoms with Gasteiger partial charge in [0, 0.05) is 21.5 Å². The molecule has 14 heavy (non-hydrogen) atoms. The van der Waals surface area contributed by atoms with Gasteiger partial charge in [-0.1, -0.05) is 19.1 Å². The third-order valence-electron chi connectivity index (χ3n) is 2.59. The topological polar surface area (TPSA) is 12.0 Å². The van der Waals surface area contributed by atoms with Gasteiger partial charge in [-0.25, -0.2) is 0 Å². The van der Waals surface area contributed by atoms with Gasteiger partial charge in [0.05, 0.1) is 0 Å². The normalized spacial score (nSPS) is 26.4. The largest absolute Gasteiger partial charge is 0.380 e. The molecule has 2 rings (SSSR count). The van der Waals surface area contributed by atoms with E-state index in [0.29, 0.717) is 6.04 Å². The molecular formula is C11H14BrNS. The van der Waals surface area contributed by atoms with Crippen LogP contribution in [0.1, 0.15) is 13.3 Å². The first-order chi connectivity index (χ1) is 6.77. The van der Waals surface area contributed by atoms with E-state index in [1.807, 2.05) is 6.07 Å². The molecule has 2 unspecified atom stereocenters. The van der Waals surface area contributed by atoms with Crippen LogP contribution in [-0.2, 0) is 0 Å². The van der Waals surface area contributed by atoms with Crippen LogP contribution in [-0.4, -0.2) is 17.0 Å². The molecule has 1 aliphatic heterocycles. The van der Waals surface area contributed by atoms with Gasteiger partial charge in [-0.3, -0.25) is 0 Å². The number of thioether (sulfide) groups is 1. The molecule has 0 radical (unpaired) electrons. The van der Waals surface area contributed by atoms with Crippen LogP contribution in [0.4, 0.5) is 5.69 Å². The molecular weight excluding hydrogens is 258 g/mol. The van der Waals surface area contributed by atoms with E-state index in [-0.39, 0.29) is 0 Å². The summed E-state index contributed by atoms with van der Waals surface area (Å²) < 4.78 is 1.16. The fourth-order valence-electron chi connectivity index (χ4n) is 1.70. The van der Waals surface area contributed by atoms with Gasteiger partial charge in [-0.15, -0.1) is 0 Å². The minimum atomic E-state index is 0.624. The average molecular weight is 272 g/mol. The molecule has 1 aliphatic rings. The number of benzene rings is 1. The van der Waals surface area contributed by atoms with E-state index in [1.165, 1.54) is 17.9 Å². The third-order valence-corrected chi connectivity index (χ3v) is 4.61. The van der Waals surface area contributed by atoms with Crippen molar-refractivity contribution in [3.63, 3.8) is 0 Å². The second kappa shape index (κ2) is 4.58. The smallest absolute Gasteiger partial charge is 0.0487 e. The number of nitrogens with one attached hydrogen (secondary N) is 1. The van der Waals surface area contributed by atoms with E-state index in [4.69, 9.17) is 0 Å². The zero-order chi connectivity index (χ0) is 9.97. The summed E-state index contributed by atoms with van der Waals surface area (Å²) in [7, 11) is 0. The summed E-state index contributed by atoms with van der Waals surface area (Å²) >= 11 is 5.61. The lowest BCUT2D eigenvalue weighted by atomic mass is 10.1. The lowest BCUT2D eigenvalue weighted by Gasteiger charge is -2.18. The molecule has 1 N–H and O–H groups in total. The number of para-hydroxylation sites is 1. The van der Waals surface area contributed by atoms with Crippen LogP contribution in [0, 0.1) is 0 Å². The minimum absolute atomic E-state index is 0.624. The summed E-state index contributed by atoms with van der Waals surface area (Å²) in [5.41, 5.74) is 1.21. The van der Waals surface area contributed by atoms with E-state index >= 15 is 0 Å². The summed E-state index contributed by atoms with van der Waals surface area (Å²) in [5, 5.41) is 4.32. The zero-order valence-electron chi connectivity index (χ0n) is 8.16. The second-order valence-corrected chi connectivity index (χ2v) is 5.93. The molecule has 1 nitrogen and oxygen atoms in total. The van der Waals surface area contributed by atoms with Crippen molar-refractivity contribution in [2.24, 2.45) is 0 Å². The van der Waals surface area contributed by atoms with E-state index in [0.717, 1.165) is 9.72 Å². The standard InChI is InChI=1S/C11H14BrNS/c1-8-10(6-7-14-8)13-11-5-3-2-4-9(11)12/h2-5,8,10,13H,6-7H2,1H3. The minimum Gasteiger partial charge on any atom is -0.380 e. The van der Waals surface area contributed by atoms with E-state index in [9.17, 15) is 0 Å². The molecule has 0 aromatic heterocycles. The van der Waals surface area contributed by atoms with Crippen molar-refractivity contribution < 1.29 is 0 Å². The van der Waals surface area contributed by atoms with Crippen LogP contribution in [0.2, 0.25) is 0 Å². The molecule has 1 saturated heterocycles. The van der Waals surface area contributed by atoms with E-state index in [1.54, 1.807) is 0 Å². The summed E-state index contributed by atoms with van der Waals surface area (Å²) in [6.45, 7) is 2.30. The quantitative estimate of drug-likeness (QED) is 0.879. The number of rotatable bonds is 2. The van der Waals surface area contributed by atoms with Gasteiger partial charge in [0.15, 0.2) is 0 Å². The van der Waals surface area contributed by atoms with Gasteiger partial charge < -0.3 is 5.32 Å². The van der Waals surface area contributed by atoms with Crippen molar-refractivity contribution in [1.82, 2.24) is 0 Å². The first-order valence-electron chi connectivity index (χ1n) is 4.90. The summed E-state index contributed by atoms with van der Waals surface area (Å²) in [6.07, 6.45) is 1.27. The molecule has 0 bridgehead atoms. The van der Waals surface area contributed by atoms with Crippen molar-refractivity contribution in [3.05, 3.63) is 28.7 Å². The number of halogens is 1. The Morgan fingerprint density at radius 2 is 2.21 bits per heavy atom. The zero-order valence-corrected chi connectivity index (χ0v) is 10.6. The Bertz CT molecular complexity index is 316.